The first-order chi connectivity index (χ1) is 15.8. The molecule has 3 rings (SSSR count). The second-order valence-corrected chi connectivity index (χ2v) is 9.10. The normalized spacial score (nSPS) is 11.9. The SMILES string of the molecule is CCn1c(SCC(=O)Nc2nccs2)nnc1[C@H](NC(=O)c1cccc([N+](=O)[O-])c1)C(C)C. The maximum absolute atomic E-state index is 12.8. The number of nitrogens with zero attached hydrogens (tertiary/aromatic N) is 5. The number of amides is 2. The third kappa shape index (κ3) is 6.14. The summed E-state index contributed by atoms with van der Waals surface area (Å²) in [7, 11) is 0. The Hall–Kier alpha value is -3.32. The number of nitro groups is 1. The smallest absolute Gasteiger partial charge is 0.270 e. The lowest BCUT2D eigenvalue weighted by Gasteiger charge is -2.22. The molecule has 0 aliphatic rings. The van der Waals surface area contributed by atoms with Crippen LogP contribution in [0.15, 0.2) is 41.0 Å². The number of anilines is 1. The van der Waals surface area contributed by atoms with Gasteiger partial charge in [-0.2, -0.15) is 0 Å². The Kier molecular flexibility index (Phi) is 8.11. The van der Waals surface area contributed by atoms with Gasteiger partial charge in [-0.15, -0.1) is 21.5 Å². The van der Waals surface area contributed by atoms with Crippen molar-refractivity contribution in [3.63, 3.8) is 0 Å². The quantitative estimate of drug-likeness (QED) is 0.250. The van der Waals surface area contributed by atoms with Gasteiger partial charge in [0.25, 0.3) is 11.6 Å². The molecule has 0 bridgehead atoms. The molecule has 0 fully saturated rings. The van der Waals surface area contributed by atoms with Gasteiger partial charge in [0.1, 0.15) is 0 Å². The molecular formula is C20H23N7O4S2. The average Bonchev–Trinajstić information content (AvgIpc) is 3.45. The van der Waals surface area contributed by atoms with Crippen molar-refractivity contribution >= 4 is 45.7 Å². The summed E-state index contributed by atoms with van der Waals surface area (Å²) in [4.78, 5) is 39.5. The van der Waals surface area contributed by atoms with Crippen molar-refractivity contribution in [3.05, 3.63) is 57.3 Å². The van der Waals surface area contributed by atoms with Crippen molar-refractivity contribution in [1.82, 2.24) is 25.1 Å². The van der Waals surface area contributed by atoms with Crippen LogP contribution in [0.3, 0.4) is 0 Å². The summed E-state index contributed by atoms with van der Waals surface area (Å²) in [5.74, 6) is -0.00618. The number of carbonyl (C=O) groups is 2. The van der Waals surface area contributed by atoms with Gasteiger partial charge in [0, 0.05) is 35.8 Å². The van der Waals surface area contributed by atoms with E-state index in [9.17, 15) is 19.7 Å². The average molecular weight is 490 g/mol. The fourth-order valence-electron chi connectivity index (χ4n) is 3.02. The molecule has 13 heteroatoms. The number of non-ortho nitro benzene ring substituents is 1. The third-order valence-electron chi connectivity index (χ3n) is 4.62. The summed E-state index contributed by atoms with van der Waals surface area (Å²) in [6.45, 7) is 6.32. The lowest BCUT2D eigenvalue weighted by Crippen LogP contribution is -2.33. The molecule has 2 N–H and O–H groups in total. The third-order valence-corrected chi connectivity index (χ3v) is 6.28. The van der Waals surface area contributed by atoms with E-state index in [4.69, 9.17) is 0 Å². The van der Waals surface area contributed by atoms with Crippen LogP contribution in [0.4, 0.5) is 10.8 Å². The van der Waals surface area contributed by atoms with Crippen molar-refractivity contribution in [2.24, 2.45) is 5.92 Å². The van der Waals surface area contributed by atoms with E-state index < -0.39 is 16.9 Å². The zero-order valence-electron chi connectivity index (χ0n) is 18.2. The Bertz CT molecular complexity index is 1130. The minimum absolute atomic E-state index is 0.0341. The molecule has 174 valence electrons. The maximum Gasteiger partial charge on any atom is 0.270 e. The van der Waals surface area contributed by atoms with E-state index in [-0.39, 0.29) is 28.8 Å². The van der Waals surface area contributed by atoms with Gasteiger partial charge in [-0.05, 0) is 18.9 Å². The number of aromatic nitrogens is 4. The highest BCUT2D eigenvalue weighted by atomic mass is 32.2. The van der Waals surface area contributed by atoms with Crippen LogP contribution in [0.1, 0.15) is 43.0 Å². The molecule has 0 spiro atoms. The Morgan fingerprint density at radius 2 is 2.09 bits per heavy atom. The van der Waals surface area contributed by atoms with E-state index in [0.717, 1.165) is 0 Å². The lowest BCUT2D eigenvalue weighted by molar-refractivity contribution is -0.384. The maximum atomic E-state index is 12.8. The molecule has 0 saturated heterocycles. The van der Waals surface area contributed by atoms with Gasteiger partial charge in [0.15, 0.2) is 16.1 Å². The molecule has 2 aromatic heterocycles. The first kappa shape index (κ1) is 24.3. The minimum Gasteiger partial charge on any atom is -0.342 e. The summed E-state index contributed by atoms with van der Waals surface area (Å²) in [6, 6.07) is 5.07. The van der Waals surface area contributed by atoms with E-state index in [1.807, 2.05) is 25.3 Å². The van der Waals surface area contributed by atoms with E-state index in [2.05, 4.69) is 25.8 Å². The lowest BCUT2D eigenvalue weighted by atomic mass is 10.0. The Morgan fingerprint density at radius 3 is 2.73 bits per heavy atom. The van der Waals surface area contributed by atoms with Crippen LogP contribution in [0.25, 0.3) is 0 Å². The van der Waals surface area contributed by atoms with E-state index in [0.29, 0.717) is 22.7 Å². The number of carbonyl (C=O) groups excluding carboxylic acids is 2. The molecule has 1 atom stereocenters. The van der Waals surface area contributed by atoms with E-state index in [1.54, 1.807) is 11.6 Å². The standard InChI is InChI=1S/C20H23N7O4S2/c1-4-26-17(24-25-20(26)33-11-15(28)22-19-21-8-9-32-19)16(12(2)3)23-18(29)13-6-5-7-14(10-13)27(30)31/h5-10,12,16H,4,11H2,1-3H3,(H,23,29)(H,21,22,28)/t16-/m1/s1. The second-order valence-electron chi connectivity index (χ2n) is 7.26. The summed E-state index contributed by atoms with van der Waals surface area (Å²) >= 11 is 2.57. The van der Waals surface area contributed by atoms with Gasteiger partial charge in [-0.3, -0.25) is 19.7 Å². The number of nitro benzene ring substituents is 1. The first-order valence-corrected chi connectivity index (χ1v) is 12.0. The predicted octanol–water partition coefficient (Wildman–Crippen LogP) is 3.52. The molecule has 0 aliphatic heterocycles. The fourth-order valence-corrected chi connectivity index (χ4v) is 4.37. The van der Waals surface area contributed by atoms with Gasteiger partial charge in [0.05, 0.1) is 16.7 Å². The van der Waals surface area contributed by atoms with Crippen LogP contribution in [0, 0.1) is 16.0 Å². The van der Waals surface area contributed by atoms with Gasteiger partial charge < -0.3 is 15.2 Å². The van der Waals surface area contributed by atoms with Crippen LogP contribution >= 0.6 is 23.1 Å². The number of thioether (sulfide) groups is 1. The Labute approximate surface area is 198 Å². The van der Waals surface area contributed by atoms with Gasteiger partial charge in [0.2, 0.25) is 5.91 Å². The molecule has 0 saturated carbocycles. The number of nitrogens with one attached hydrogen (secondary N) is 2. The van der Waals surface area contributed by atoms with Gasteiger partial charge >= 0.3 is 0 Å². The topological polar surface area (TPSA) is 145 Å². The molecule has 0 radical (unpaired) electrons. The Balaban J connectivity index is 1.74. The molecule has 0 aliphatic carbocycles. The van der Waals surface area contributed by atoms with Crippen LogP contribution < -0.4 is 10.6 Å². The van der Waals surface area contributed by atoms with Crippen molar-refractivity contribution in [3.8, 4) is 0 Å². The van der Waals surface area contributed by atoms with E-state index in [1.165, 1.54) is 47.4 Å². The zero-order valence-corrected chi connectivity index (χ0v) is 19.9. The molecule has 2 heterocycles. The number of hydrogen-bond acceptors (Lipinski definition) is 9. The molecule has 3 aromatic rings. The van der Waals surface area contributed by atoms with Crippen LogP contribution in [-0.4, -0.2) is 42.2 Å². The molecule has 2 amide bonds. The summed E-state index contributed by atoms with van der Waals surface area (Å²) in [5, 5.41) is 28.0. The van der Waals surface area contributed by atoms with Crippen molar-refractivity contribution in [2.45, 2.75) is 38.5 Å². The highest BCUT2D eigenvalue weighted by Crippen LogP contribution is 2.26. The number of rotatable bonds is 10. The largest absolute Gasteiger partial charge is 0.342 e. The summed E-state index contributed by atoms with van der Waals surface area (Å²) in [6.07, 6.45) is 1.61. The first-order valence-electron chi connectivity index (χ1n) is 10.1. The van der Waals surface area contributed by atoms with Crippen LogP contribution in [0.2, 0.25) is 0 Å². The fraction of sp³-hybridized carbons (Fsp3) is 0.350. The number of thiazole rings is 1. The molecule has 11 nitrogen and oxygen atoms in total. The zero-order chi connectivity index (χ0) is 24.0. The predicted molar refractivity (Wildman–Crippen MR) is 125 cm³/mol. The number of hydrogen-bond donors (Lipinski definition) is 2. The highest BCUT2D eigenvalue weighted by Gasteiger charge is 2.26. The summed E-state index contributed by atoms with van der Waals surface area (Å²) < 4.78 is 1.85. The van der Waals surface area contributed by atoms with Crippen molar-refractivity contribution < 1.29 is 14.5 Å². The van der Waals surface area contributed by atoms with Crippen LogP contribution in [0.5, 0.6) is 0 Å². The highest BCUT2D eigenvalue weighted by molar-refractivity contribution is 7.99. The van der Waals surface area contributed by atoms with Crippen molar-refractivity contribution in [1.29, 1.82) is 0 Å². The summed E-state index contributed by atoms with van der Waals surface area (Å²) in [5.41, 5.74) is 0.0288. The minimum atomic E-state index is -0.543. The molecule has 0 unspecified atom stereocenters. The number of benzene rings is 1. The molecule has 33 heavy (non-hydrogen) atoms. The second kappa shape index (κ2) is 11.0. The van der Waals surface area contributed by atoms with Crippen LogP contribution in [-0.2, 0) is 11.3 Å². The monoisotopic (exact) mass is 489 g/mol. The Morgan fingerprint density at radius 1 is 1.30 bits per heavy atom. The van der Waals surface area contributed by atoms with Gasteiger partial charge in [-0.25, -0.2) is 4.98 Å². The molecular weight excluding hydrogens is 466 g/mol. The molecule has 1 aromatic carbocycles. The van der Waals surface area contributed by atoms with Gasteiger partial charge in [-0.1, -0.05) is 31.7 Å². The van der Waals surface area contributed by atoms with Crippen molar-refractivity contribution in [2.75, 3.05) is 11.1 Å². The van der Waals surface area contributed by atoms with E-state index >= 15 is 0 Å².